The molecule has 0 radical (unpaired) electrons. The Morgan fingerprint density at radius 1 is 1.30 bits per heavy atom. The molecule has 0 saturated heterocycles. The van der Waals surface area contributed by atoms with Gasteiger partial charge in [0, 0.05) is 13.0 Å². The molecule has 27 heavy (non-hydrogen) atoms. The minimum atomic E-state index is -4.45. The lowest BCUT2D eigenvalue weighted by atomic mass is 9.71. The molecule has 0 heterocycles. The molecule has 2 rings (SSSR count). The van der Waals surface area contributed by atoms with Gasteiger partial charge in [-0.15, -0.1) is 0 Å². The van der Waals surface area contributed by atoms with Gasteiger partial charge in [0.25, 0.3) is 0 Å². The predicted octanol–water partition coefficient (Wildman–Crippen LogP) is 2.86. The fraction of sp³-hybridized carbons (Fsp3) is 0.632. The first-order valence-corrected chi connectivity index (χ1v) is 9.19. The second-order valence-corrected chi connectivity index (χ2v) is 7.24. The molecule has 1 aliphatic carbocycles. The number of benzene rings is 1. The summed E-state index contributed by atoms with van der Waals surface area (Å²) in [6.07, 6.45) is -0.000739. The van der Waals surface area contributed by atoms with Crippen molar-refractivity contribution in [2.75, 3.05) is 19.7 Å². The van der Waals surface area contributed by atoms with Crippen molar-refractivity contribution in [1.82, 2.24) is 5.32 Å². The fourth-order valence-electron chi connectivity index (χ4n) is 3.40. The SMILES string of the molecule is NCC1(CC(=O)NCC(O)COc2cccc(C(F)(F)F)c2)CCCCC1. The molecule has 1 saturated carbocycles. The largest absolute Gasteiger partial charge is 0.491 e. The summed E-state index contributed by atoms with van der Waals surface area (Å²) in [6.45, 7) is 0.212. The van der Waals surface area contributed by atoms with Crippen LogP contribution in [0.2, 0.25) is 0 Å². The van der Waals surface area contributed by atoms with E-state index in [9.17, 15) is 23.1 Å². The lowest BCUT2D eigenvalue weighted by molar-refractivity contribution is -0.137. The zero-order valence-corrected chi connectivity index (χ0v) is 15.2. The molecule has 152 valence electrons. The lowest BCUT2D eigenvalue weighted by Crippen LogP contribution is -2.41. The Labute approximate surface area is 157 Å². The van der Waals surface area contributed by atoms with Crippen LogP contribution in [-0.4, -0.2) is 36.8 Å². The summed E-state index contributed by atoms with van der Waals surface area (Å²) in [5, 5.41) is 12.6. The number of ether oxygens (including phenoxy) is 1. The molecular formula is C19H27F3N2O3. The molecule has 0 aliphatic heterocycles. The van der Waals surface area contributed by atoms with Gasteiger partial charge in [-0.1, -0.05) is 25.3 Å². The number of hydrogen-bond donors (Lipinski definition) is 3. The summed E-state index contributed by atoms with van der Waals surface area (Å²) in [5.74, 6) is -0.167. The average Bonchev–Trinajstić information content (AvgIpc) is 2.65. The Hall–Kier alpha value is -1.80. The van der Waals surface area contributed by atoms with E-state index in [2.05, 4.69) is 5.32 Å². The molecule has 0 bridgehead atoms. The monoisotopic (exact) mass is 388 g/mol. The number of alkyl halides is 3. The van der Waals surface area contributed by atoms with Crippen LogP contribution in [0.5, 0.6) is 5.75 Å². The number of amides is 1. The van der Waals surface area contributed by atoms with E-state index in [-0.39, 0.29) is 30.2 Å². The number of hydrogen-bond acceptors (Lipinski definition) is 4. The minimum absolute atomic E-state index is 0.0134. The van der Waals surface area contributed by atoms with Gasteiger partial charge in [-0.25, -0.2) is 0 Å². The Morgan fingerprint density at radius 3 is 2.63 bits per heavy atom. The third kappa shape index (κ3) is 6.70. The maximum absolute atomic E-state index is 12.7. The Morgan fingerprint density at radius 2 is 2.00 bits per heavy atom. The molecule has 1 aromatic carbocycles. The average molecular weight is 388 g/mol. The first-order chi connectivity index (χ1) is 12.7. The third-order valence-electron chi connectivity index (χ3n) is 5.02. The highest BCUT2D eigenvalue weighted by atomic mass is 19.4. The van der Waals surface area contributed by atoms with E-state index in [0.717, 1.165) is 44.2 Å². The zero-order valence-electron chi connectivity index (χ0n) is 15.2. The number of rotatable bonds is 8. The van der Waals surface area contributed by atoms with E-state index in [1.54, 1.807) is 0 Å². The number of nitrogens with one attached hydrogen (secondary N) is 1. The van der Waals surface area contributed by atoms with Crippen LogP contribution in [0.1, 0.15) is 44.1 Å². The van der Waals surface area contributed by atoms with Crippen molar-refractivity contribution in [3.8, 4) is 5.75 Å². The summed E-state index contributed by atoms with van der Waals surface area (Å²) in [6, 6.07) is 4.44. The number of aliphatic hydroxyl groups is 1. The topological polar surface area (TPSA) is 84.6 Å². The van der Waals surface area contributed by atoms with Gasteiger partial charge in [-0.3, -0.25) is 4.79 Å². The van der Waals surface area contributed by atoms with Gasteiger partial charge in [0.1, 0.15) is 18.5 Å². The Kier molecular flexibility index (Phi) is 7.49. The normalized spacial score (nSPS) is 18.0. The summed E-state index contributed by atoms with van der Waals surface area (Å²) in [5.41, 5.74) is 4.89. The molecule has 0 spiro atoms. The minimum Gasteiger partial charge on any atom is -0.491 e. The molecule has 1 amide bonds. The molecule has 1 fully saturated rings. The van der Waals surface area contributed by atoms with E-state index in [4.69, 9.17) is 10.5 Å². The standard InChI is InChI=1S/C19H27F3N2O3/c20-19(21,22)14-5-4-6-16(9-14)27-12-15(25)11-24-17(26)10-18(13-23)7-2-1-3-8-18/h4-6,9,15,25H,1-3,7-8,10-13,23H2,(H,24,26). The van der Waals surface area contributed by atoms with Gasteiger partial charge >= 0.3 is 6.18 Å². The molecule has 8 heteroatoms. The van der Waals surface area contributed by atoms with E-state index in [1.807, 2.05) is 0 Å². The summed E-state index contributed by atoms with van der Waals surface area (Å²) < 4.78 is 43.2. The second kappa shape index (κ2) is 9.41. The summed E-state index contributed by atoms with van der Waals surface area (Å²) in [4.78, 5) is 12.2. The van der Waals surface area contributed by atoms with Crippen molar-refractivity contribution in [3.63, 3.8) is 0 Å². The van der Waals surface area contributed by atoms with Crippen LogP contribution < -0.4 is 15.8 Å². The number of nitrogens with two attached hydrogens (primary N) is 1. The molecule has 1 aromatic rings. The number of halogens is 3. The van der Waals surface area contributed by atoms with Crippen LogP contribution in [0, 0.1) is 5.41 Å². The van der Waals surface area contributed by atoms with E-state index in [0.29, 0.717) is 13.0 Å². The molecule has 4 N–H and O–H groups in total. The Balaban J connectivity index is 1.76. The van der Waals surface area contributed by atoms with Crippen molar-refractivity contribution in [2.24, 2.45) is 11.1 Å². The third-order valence-corrected chi connectivity index (χ3v) is 5.02. The smallest absolute Gasteiger partial charge is 0.416 e. The van der Waals surface area contributed by atoms with Crippen LogP contribution >= 0.6 is 0 Å². The van der Waals surface area contributed by atoms with Crippen LogP contribution in [0.15, 0.2) is 24.3 Å². The number of aliphatic hydroxyl groups excluding tert-OH is 1. The highest BCUT2D eigenvalue weighted by molar-refractivity contribution is 5.76. The van der Waals surface area contributed by atoms with Crippen LogP contribution in [0.3, 0.4) is 0 Å². The maximum Gasteiger partial charge on any atom is 0.416 e. The molecular weight excluding hydrogens is 361 g/mol. The van der Waals surface area contributed by atoms with Crippen LogP contribution in [-0.2, 0) is 11.0 Å². The molecule has 5 nitrogen and oxygen atoms in total. The fourth-order valence-corrected chi connectivity index (χ4v) is 3.40. The van der Waals surface area contributed by atoms with Gasteiger partial charge in [0.15, 0.2) is 0 Å². The molecule has 1 unspecified atom stereocenters. The maximum atomic E-state index is 12.7. The van der Waals surface area contributed by atoms with Gasteiger partial charge in [-0.05, 0) is 43.0 Å². The first-order valence-electron chi connectivity index (χ1n) is 9.19. The van der Waals surface area contributed by atoms with Crippen molar-refractivity contribution >= 4 is 5.91 Å². The van der Waals surface area contributed by atoms with Gasteiger partial charge in [0.05, 0.1) is 5.56 Å². The predicted molar refractivity (Wildman–Crippen MR) is 95.1 cm³/mol. The molecule has 1 aliphatic rings. The van der Waals surface area contributed by atoms with E-state index >= 15 is 0 Å². The van der Waals surface area contributed by atoms with Crippen molar-refractivity contribution in [3.05, 3.63) is 29.8 Å². The van der Waals surface area contributed by atoms with Crippen molar-refractivity contribution in [2.45, 2.75) is 50.8 Å². The van der Waals surface area contributed by atoms with Crippen molar-refractivity contribution in [1.29, 1.82) is 0 Å². The zero-order chi connectivity index (χ0) is 19.9. The summed E-state index contributed by atoms with van der Waals surface area (Å²) >= 11 is 0. The van der Waals surface area contributed by atoms with Gasteiger partial charge in [-0.2, -0.15) is 13.2 Å². The van der Waals surface area contributed by atoms with E-state index < -0.39 is 17.8 Å². The molecule has 0 aromatic heterocycles. The molecule has 1 atom stereocenters. The van der Waals surface area contributed by atoms with Gasteiger partial charge in [0.2, 0.25) is 5.91 Å². The second-order valence-electron chi connectivity index (χ2n) is 7.24. The van der Waals surface area contributed by atoms with E-state index in [1.165, 1.54) is 12.1 Å². The highest BCUT2D eigenvalue weighted by Gasteiger charge is 2.33. The number of carbonyl (C=O) groups excluding carboxylic acids is 1. The highest BCUT2D eigenvalue weighted by Crippen LogP contribution is 2.38. The number of carbonyl (C=O) groups is 1. The quantitative estimate of drug-likeness (QED) is 0.639. The lowest BCUT2D eigenvalue weighted by Gasteiger charge is -2.35. The van der Waals surface area contributed by atoms with Crippen LogP contribution in [0.25, 0.3) is 0 Å². The summed E-state index contributed by atoms with van der Waals surface area (Å²) in [7, 11) is 0. The van der Waals surface area contributed by atoms with Gasteiger partial charge < -0.3 is 20.9 Å². The van der Waals surface area contributed by atoms with Crippen molar-refractivity contribution < 1.29 is 27.8 Å². The Bertz CT molecular complexity index is 616. The van der Waals surface area contributed by atoms with Crippen LogP contribution in [0.4, 0.5) is 13.2 Å². The first kappa shape index (κ1) is 21.5.